The summed E-state index contributed by atoms with van der Waals surface area (Å²) >= 11 is 0. The van der Waals surface area contributed by atoms with E-state index in [2.05, 4.69) is 15.0 Å². The molecule has 5 aromatic rings. The van der Waals surface area contributed by atoms with Gasteiger partial charge in [0.2, 0.25) is 16.9 Å². The zero-order chi connectivity index (χ0) is 26.9. The Morgan fingerprint density at radius 1 is 0.462 bits per heavy atom. The molecule has 3 N–H and O–H groups in total. The maximum atomic E-state index is 13.5. The van der Waals surface area contributed by atoms with Crippen molar-refractivity contribution in [2.45, 2.75) is 13.8 Å². The van der Waals surface area contributed by atoms with Crippen molar-refractivity contribution in [1.29, 1.82) is 0 Å². The van der Waals surface area contributed by atoms with Gasteiger partial charge in [0.1, 0.15) is 0 Å². The second-order valence-electron chi connectivity index (χ2n) is 9.23. The molecule has 0 saturated heterocycles. The van der Waals surface area contributed by atoms with Gasteiger partial charge in [0.05, 0.1) is 22.6 Å². The summed E-state index contributed by atoms with van der Waals surface area (Å²) in [7, 11) is 0. The number of para-hydroxylation sites is 2. The SMILES string of the molecule is Cc1ccccc1N=c1[nH]c(=Nc2ccccc2C)[nH]c(=Nc2cccc3c2C(=O)c2ccccc2C3=O)[nH]1. The molecule has 0 fully saturated rings. The summed E-state index contributed by atoms with van der Waals surface area (Å²) in [5, 5.41) is 0. The summed E-state index contributed by atoms with van der Waals surface area (Å²) in [5.41, 5.74) is 6.42. The Morgan fingerprint density at radius 3 is 1.41 bits per heavy atom. The van der Waals surface area contributed by atoms with E-state index < -0.39 is 0 Å². The van der Waals surface area contributed by atoms with E-state index >= 15 is 0 Å². The zero-order valence-corrected chi connectivity index (χ0v) is 21.3. The summed E-state index contributed by atoms with van der Waals surface area (Å²) in [6, 6.07) is 27.5. The number of hydrogen-bond donors (Lipinski definition) is 3. The molecular formula is C31H24N6O2. The van der Waals surface area contributed by atoms with Crippen LogP contribution >= 0.6 is 0 Å². The number of nitrogens with zero attached hydrogens (tertiary/aromatic N) is 3. The molecule has 0 saturated carbocycles. The number of carbonyl (C=O) groups is 2. The summed E-state index contributed by atoms with van der Waals surface area (Å²) in [4.78, 5) is 50.4. The molecule has 0 bridgehead atoms. The Morgan fingerprint density at radius 2 is 0.872 bits per heavy atom. The lowest BCUT2D eigenvalue weighted by atomic mass is 9.83. The molecule has 1 aliphatic carbocycles. The minimum Gasteiger partial charge on any atom is -0.296 e. The third kappa shape index (κ3) is 4.59. The minimum absolute atomic E-state index is 0.197. The van der Waals surface area contributed by atoms with Crippen LogP contribution in [0, 0.1) is 13.8 Å². The van der Waals surface area contributed by atoms with Crippen molar-refractivity contribution in [3.05, 3.63) is 141 Å². The van der Waals surface area contributed by atoms with Crippen LogP contribution in [0.5, 0.6) is 0 Å². The van der Waals surface area contributed by atoms with Gasteiger partial charge in [-0.15, -0.1) is 0 Å². The first-order valence-corrected chi connectivity index (χ1v) is 12.5. The number of aromatic nitrogens is 3. The number of aryl methyl sites for hydroxylation is 2. The molecular weight excluding hydrogens is 488 g/mol. The third-order valence-electron chi connectivity index (χ3n) is 6.57. The highest BCUT2D eigenvalue weighted by Crippen LogP contribution is 2.32. The normalized spacial score (nSPS) is 13.3. The number of aromatic amines is 3. The van der Waals surface area contributed by atoms with E-state index in [1.54, 1.807) is 42.5 Å². The maximum absolute atomic E-state index is 13.5. The second-order valence-corrected chi connectivity index (χ2v) is 9.23. The molecule has 1 heterocycles. The monoisotopic (exact) mass is 512 g/mol. The van der Waals surface area contributed by atoms with E-state index in [4.69, 9.17) is 15.0 Å². The number of ketones is 2. The number of carbonyl (C=O) groups excluding carboxylic acids is 2. The molecule has 1 aromatic heterocycles. The van der Waals surface area contributed by atoms with Gasteiger partial charge in [0.15, 0.2) is 11.6 Å². The highest BCUT2D eigenvalue weighted by atomic mass is 16.1. The fraction of sp³-hybridized carbons (Fsp3) is 0.0645. The molecule has 6 rings (SSSR count). The van der Waals surface area contributed by atoms with E-state index in [0.717, 1.165) is 22.5 Å². The Balaban J connectivity index is 1.59. The van der Waals surface area contributed by atoms with E-state index in [-0.39, 0.29) is 17.1 Å². The second kappa shape index (κ2) is 9.83. The molecule has 0 unspecified atom stereocenters. The van der Waals surface area contributed by atoms with Gasteiger partial charge in [0, 0.05) is 16.7 Å². The van der Waals surface area contributed by atoms with E-state index in [9.17, 15) is 9.59 Å². The predicted octanol–water partition coefficient (Wildman–Crippen LogP) is 4.76. The van der Waals surface area contributed by atoms with Crippen LogP contribution in [-0.2, 0) is 0 Å². The number of nitrogens with one attached hydrogen (secondary N) is 3. The lowest BCUT2D eigenvalue weighted by Gasteiger charge is -2.18. The van der Waals surface area contributed by atoms with Gasteiger partial charge < -0.3 is 0 Å². The lowest BCUT2D eigenvalue weighted by molar-refractivity contribution is 0.0979. The summed E-state index contributed by atoms with van der Waals surface area (Å²) in [6.07, 6.45) is 0. The van der Waals surface area contributed by atoms with Crippen molar-refractivity contribution < 1.29 is 9.59 Å². The Kier molecular flexibility index (Phi) is 6.05. The van der Waals surface area contributed by atoms with Gasteiger partial charge in [-0.25, -0.2) is 15.0 Å². The van der Waals surface area contributed by atoms with E-state index in [0.29, 0.717) is 39.2 Å². The Hall–Kier alpha value is -5.37. The lowest BCUT2D eigenvalue weighted by Crippen LogP contribution is -2.37. The predicted molar refractivity (Wildman–Crippen MR) is 147 cm³/mol. The van der Waals surface area contributed by atoms with Gasteiger partial charge in [-0.3, -0.25) is 24.5 Å². The molecule has 0 radical (unpaired) electrons. The molecule has 8 nitrogen and oxygen atoms in total. The smallest absolute Gasteiger partial charge is 0.210 e. The number of H-pyrrole nitrogens is 3. The number of fused-ring (bicyclic) bond motifs is 2. The van der Waals surface area contributed by atoms with Gasteiger partial charge in [-0.1, -0.05) is 72.8 Å². The summed E-state index contributed by atoms with van der Waals surface area (Å²) in [6.45, 7) is 3.96. The highest BCUT2D eigenvalue weighted by Gasteiger charge is 2.31. The quantitative estimate of drug-likeness (QED) is 0.317. The van der Waals surface area contributed by atoms with Crippen molar-refractivity contribution in [3.63, 3.8) is 0 Å². The van der Waals surface area contributed by atoms with Crippen molar-refractivity contribution in [2.24, 2.45) is 15.0 Å². The molecule has 4 aromatic carbocycles. The van der Waals surface area contributed by atoms with Crippen molar-refractivity contribution in [2.75, 3.05) is 0 Å². The standard InChI is InChI=1S/C31H24N6O2/c1-18-10-3-7-15-23(18)32-29-35-30(33-24-16-8-4-11-19(24)2)37-31(36-29)34-25-17-9-14-22-26(25)28(39)21-13-6-5-12-20(21)27(22)38/h3-17H,1-2H3,(H3,32,33,34,35,36,37). The number of benzene rings is 4. The molecule has 0 atom stereocenters. The maximum Gasteiger partial charge on any atom is 0.210 e. The fourth-order valence-electron chi connectivity index (χ4n) is 4.56. The molecule has 190 valence electrons. The number of hydrogen-bond acceptors (Lipinski definition) is 5. The largest absolute Gasteiger partial charge is 0.296 e. The molecule has 39 heavy (non-hydrogen) atoms. The minimum atomic E-state index is -0.239. The number of rotatable bonds is 3. The van der Waals surface area contributed by atoms with Crippen molar-refractivity contribution >= 4 is 28.6 Å². The fourth-order valence-corrected chi connectivity index (χ4v) is 4.56. The molecule has 0 amide bonds. The average Bonchev–Trinajstić information content (AvgIpc) is 2.94. The summed E-state index contributed by atoms with van der Waals surface area (Å²) in [5.74, 6) is -0.436. The van der Waals surface area contributed by atoms with Crippen LogP contribution in [0.15, 0.2) is 106 Å². The van der Waals surface area contributed by atoms with Crippen LogP contribution in [0.1, 0.15) is 43.0 Å². The van der Waals surface area contributed by atoms with E-state index in [1.807, 2.05) is 62.4 Å². The molecule has 0 aliphatic heterocycles. The van der Waals surface area contributed by atoms with Crippen LogP contribution in [0.4, 0.5) is 17.1 Å². The van der Waals surface area contributed by atoms with E-state index in [1.165, 1.54) is 0 Å². The third-order valence-corrected chi connectivity index (χ3v) is 6.57. The van der Waals surface area contributed by atoms with Crippen LogP contribution < -0.4 is 16.9 Å². The van der Waals surface area contributed by atoms with Gasteiger partial charge >= 0.3 is 0 Å². The highest BCUT2D eigenvalue weighted by molar-refractivity contribution is 6.29. The zero-order valence-electron chi connectivity index (χ0n) is 21.3. The Bertz CT molecular complexity index is 1910. The summed E-state index contributed by atoms with van der Waals surface area (Å²) < 4.78 is 0. The molecule has 0 spiro atoms. The first-order valence-electron chi connectivity index (χ1n) is 12.5. The topological polar surface area (TPSA) is 119 Å². The van der Waals surface area contributed by atoms with Gasteiger partial charge in [-0.2, -0.15) is 0 Å². The Labute approximate surface area is 223 Å². The first-order chi connectivity index (χ1) is 19.0. The van der Waals surface area contributed by atoms with Crippen molar-refractivity contribution in [1.82, 2.24) is 15.0 Å². The van der Waals surface area contributed by atoms with Gasteiger partial charge in [0.25, 0.3) is 0 Å². The molecule has 1 aliphatic rings. The van der Waals surface area contributed by atoms with Gasteiger partial charge in [-0.05, 0) is 43.2 Å². The van der Waals surface area contributed by atoms with Crippen LogP contribution in [0.25, 0.3) is 0 Å². The molecule has 8 heteroatoms. The van der Waals surface area contributed by atoms with Crippen LogP contribution in [-0.4, -0.2) is 26.5 Å². The van der Waals surface area contributed by atoms with Crippen LogP contribution in [0.3, 0.4) is 0 Å². The van der Waals surface area contributed by atoms with Crippen LogP contribution in [0.2, 0.25) is 0 Å². The van der Waals surface area contributed by atoms with Crippen molar-refractivity contribution in [3.8, 4) is 0 Å². The first kappa shape index (κ1) is 24.0. The average molecular weight is 513 g/mol.